The van der Waals surface area contributed by atoms with Gasteiger partial charge in [0.25, 0.3) is 0 Å². The molecule has 2 heterocycles. The highest BCUT2D eigenvalue weighted by atomic mass is 32.1. The molecule has 3 N–H and O–H groups in total. The van der Waals surface area contributed by atoms with E-state index in [-0.39, 0.29) is 31.1 Å². The van der Waals surface area contributed by atoms with Crippen molar-refractivity contribution in [1.29, 1.82) is 0 Å². The van der Waals surface area contributed by atoms with Gasteiger partial charge in [0, 0.05) is 37.4 Å². The van der Waals surface area contributed by atoms with Crippen LogP contribution in [0.25, 0.3) is 0 Å². The van der Waals surface area contributed by atoms with Crippen molar-refractivity contribution in [3.05, 3.63) is 52.0 Å². The predicted octanol–water partition coefficient (Wildman–Crippen LogP) is 3.11. The van der Waals surface area contributed by atoms with Crippen LogP contribution >= 0.6 is 11.3 Å². The molecule has 1 saturated heterocycles. The fraction of sp³-hybridized carbons (Fsp3) is 0.476. The average Bonchev–Trinajstić information content (AvgIpc) is 3.21. The first-order chi connectivity index (χ1) is 14.0. The van der Waals surface area contributed by atoms with E-state index in [1.54, 1.807) is 22.3 Å². The lowest BCUT2D eigenvalue weighted by atomic mass is 10.0. The number of aliphatic hydroxyl groups is 2. The number of halogens is 1. The molecule has 1 unspecified atom stereocenters. The summed E-state index contributed by atoms with van der Waals surface area (Å²) in [5, 5.41) is 26.0. The van der Waals surface area contributed by atoms with Crippen LogP contribution in [0.2, 0.25) is 0 Å². The van der Waals surface area contributed by atoms with E-state index >= 15 is 0 Å². The zero-order valence-corrected chi connectivity index (χ0v) is 17.4. The number of carbonyl (C=O) groups is 1. The molecule has 8 heteroatoms. The lowest BCUT2D eigenvalue weighted by Gasteiger charge is -2.34. The number of piperidine rings is 1. The van der Waals surface area contributed by atoms with Crippen molar-refractivity contribution in [2.45, 2.75) is 38.5 Å². The zero-order chi connectivity index (χ0) is 20.8. The number of nitrogens with one attached hydrogen (secondary N) is 1. The fourth-order valence-corrected chi connectivity index (χ4v) is 4.26. The Labute approximate surface area is 174 Å². The van der Waals surface area contributed by atoms with Gasteiger partial charge in [0.05, 0.1) is 18.8 Å². The van der Waals surface area contributed by atoms with E-state index < -0.39 is 6.04 Å². The number of urea groups is 1. The smallest absolute Gasteiger partial charge is 0.318 e. The molecule has 0 spiro atoms. The van der Waals surface area contributed by atoms with Crippen LogP contribution < -0.4 is 10.2 Å². The Morgan fingerprint density at radius 2 is 2.14 bits per heavy atom. The summed E-state index contributed by atoms with van der Waals surface area (Å²) < 4.78 is 14.0. The number of benzene rings is 1. The molecule has 1 fully saturated rings. The molecule has 1 aliphatic rings. The number of hydrogen-bond donors (Lipinski definition) is 3. The standard InChI is InChI=1S/C21H28FN3O3S/c1-15(23-21(28)25(9-10-26)13-16-6-11-29-14-16)19-12-17(22)2-3-20(19)24-7-4-18(27)5-8-24/h2-3,6,11-12,14-15,18,26-27H,4-5,7-10,13H2,1H3,(H,23,28). The second-order valence-corrected chi connectivity index (χ2v) is 8.15. The SMILES string of the molecule is CC(NC(=O)N(CCO)Cc1ccsc1)c1cc(F)ccc1N1CCC(O)CC1. The third kappa shape index (κ3) is 5.68. The van der Waals surface area contributed by atoms with Crippen molar-refractivity contribution in [3.8, 4) is 0 Å². The number of nitrogens with zero attached hydrogens (tertiary/aromatic N) is 2. The summed E-state index contributed by atoms with van der Waals surface area (Å²) in [4.78, 5) is 16.5. The summed E-state index contributed by atoms with van der Waals surface area (Å²) in [6.07, 6.45) is 1.04. The molecule has 0 bridgehead atoms. The van der Waals surface area contributed by atoms with Gasteiger partial charge in [-0.05, 0) is 60.4 Å². The molecule has 1 aromatic carbocycles. The number of aliphatic hydroxyl groups excluding tert-OH is 2. The number of anilines is 1. The third-order valence-corrected chi connectivity index (χ3v) is 5.94. The number of rotatable bonds is 7. The first-order valence-corrected chi connectivity index (χ1v) is 10.8. The van der Waals surface area contributed by atoms with E-state index in [1.165, 1.54) is 12.1 Å². The van der Waals surface area contributed by atoms with Crippen molar-refractivity contribution >= 4 is 23.1 Å². The van der Waals surface area contributed by atoms with Crippen LogP contribution in [-0.4, -0.2) is 53.5 Å². The second-order valence-electron chi connectivity index (χ2n) is 7.37. The first kappa shape index (κ1) is 21.5. The van der Waals surface area contributed by atoms with E-state index in [1.807, 2.05) is 23.8 Å². The second kappa shape index (κ2) is 10.0. The quantitative estimate of drug-likeness (QED) is 0.642. The van der Waals surface area contributed by atoms with E-state index in [2.05, 4.69) is 10.2 Å². The van der Waals surface area contributed by atoms with Gasteiger partial charge in [0.15, 0.2) is 0 Å². The average molecular weight is 422 g/mol. The molecule has 1 aromatic heterocycles. The van der Waals surface area contributed by atoms with Gasteiger partial charge >= 0.3 is 6.03 Å². The largest absolute Gasteiger partial charge is 0.395 e. The van der Waals surface area contributed by atoms with Crippen LogP contribution in [0.3, 0.4) is 0 Å². The highest BCUT2D eigenvalue weighted by molar-refractivity contribution is 7.07. The minimum atomic E-state index is -0.413. The lowest BCUT2D eigenvalue weighted by molar-refractivity contribution is 0.145. The summed E-state index contributed by atoms with van der Waals surface area (Å²) in [7, 11) is 0. The minimum Gasteiger partial charge on any atom is -0.395 e. The molecule has 0 saturated carbocycles. The van der Waals surface area contributed by atoms with Gasteiger partial charge in [-0.15, -0.1) is 0 Å². The Kier molecular flexibility index (Phi) is 7.46. The summed E-state index contributed by atoms with van der Waals surface area (Å²) >= 11 is 1.56. The Hall–Kier alpha value is -2.16. The molecule has 0 aliphatic carbocycles. The maximum Gasteiger partial charge on any atom is 0.318 e. The van der Waals surface area contributed by atoms with Crippen LogP contribution in [-0.2, 0) is 6.54 Å². The van der Waals surface area contributed by atoms with E-state index in [4.69, 9.17) is 0 Å². The van der Waals surface area contributed by atoms with Gasteiger partial charge in [-0.2, -0.15) is 11.3 Å². The predicted molar refractivity (Wildman–Crippen MR) is 113 cm³/mol. The maximum atomic E-state index is 14.0. The van der Waals surface area contributed by atoms with E-state index in [9.17, 15) is 19.4 Å². The lowest BCUT2D eigenvalue weighted by Crippen LogP contribution is -2.42. The van der Waals surface area contributed by atoms with E-state index in [0.29, 0.717) is 38.0 Å². The molecular weight excluding hydrogens is 393 g/mol. The van der Waals surface area contributed by atoms with Crippen molar-refractivity contribution in [1.82, 2.24) is 10.2 Å². The monoisotopic (exact) mass is 421 g/mol. The van der Waals surface area contributed by atoms with Crippen LogP contribution in [0.4, 0.5) is 14.9 Å². The molecule has 1 atom stereocenters. The number of thiophene rings is 1. The van der Waals surface area contributed by atoms with Crippen molar-refractivity contribution in [3.63, 3.8) is 0 Å². The van der Waals surface area contributed by atoms with Crippen molar-refractivity contribution < 1.29 is 19.4 Å². The molecule has 0 radical (unpaired) electrons. The zero-order valence-electron chi connectivity index (χ0n) is 16.6. The molecule has 29 heavy (non-hydrogen) atoms. The molecule has 2 aromatic rings. The Morgan fingerprint density at radius 1 is 1.38 bits per heavy atom. The first-order valence-electron chi connectivity index (χ1n) is 9.87. The molecular formula is C21H28FN3O3S. The Morgan fingerprint density at radius 3 is 2.79 bits per heavy atom. The fourth-order valence-electron chi connectivity index (χ4n) is 3.60. The topological polar surface area (TPSA) is 76.0 Å². The molecule has 6 nitrogen and oxygen atoms in total. The van der Waals surface area contributed by atoms with Crippen molar-refractivity contribution in [2.24, 2.45) is 0 Å². The number of carbonyl (C=O) groups excluding carboxylic acids is 1. The van der Waals surface area contributed by atoms with Gasteiger partial charge in [-0.3, -0.25) is 0 Å². The summed E-state index contributed by atoms with van der Waals surface area (Å²) in [5.74, 6) is -0.354. The van der Waals surface area contributed by atoms with Gasteiger partial charge in [-0.1, -0.05) is 0 Å². The van der Waals surface area contributed by atoms with Crippen LogP contribution in [0.1, 0.15) is 36.9 Å². The molecule has 158 valence electrons. The van der Waals surface area contributed by atoms with Crippen LogP contribution in [0.5, 0.6) is 0 Å². The summed E-state index contributed by atoms with van der Waals surface area (Å²) in [6, 6.07) is 5.85. The van der Waals surface area contributed by atoms with Gasteiger partial charge in [0.2, 0.25) is 0 Å². The summed E-state index contributed by atoms with van der Waals surface area (Å²) in [5.41, 5.74) is 2.58. The number of hydrogen-bond acceptors (Lipinski definition) is 5. The molecule has 1 aliphatic heterocycles. The third-order valence-electron chi connectivity index (χ3n) is 5.21. The van der Waals surface area contributed by atoms with Gasteiger partial charge < -0.3 is 25.3 Å². The van der Waals surface area contributed by atoms with Crippen LogP contribution in [0.15, 0.2) is 35.0 Å². The maximum absolute atomic E-state index is 14.0. The van der Waals surface area contributed by atoms with E-state index in [0.717, 1.165) is 11.3 Å². The highest BCUT2D eigenvalue weighted by Gasteiger charge is 2.24. The Balaban J connectivity index is 1.74. The van der Waals surface area contributed by atoms with Crippen LogP contribution in [0, 0.1) is 5.82 Å². The summed E-state index contributed by atoms with van der Waals surface area (Å²) in [6.45, 7) is 3.70. The number of amides is 2. The minimum absolute atomic E-state index is 0.132. The van der Waals surface area contributed by atoms with Gasteiger partial charge in [-0.25, -0.2) is 9.18 Å². The normalized spacial score (nSPS) is 15.9. The van der Waals surface area contributed by atoms with Gasteiger partial charge in [0.1, 0.15) is 5.82 Å². The Bertz CT molecular complexity index is 794. The molecule has 3 rings (SSSR count). The molecule has 2 amide bonds. The van der Waals surface area contributed by atoms with Crippen molar-refractivity contribution in [2.75, 3.05) is 31.1 Å². The highest BCUT2D eigenvalue weighted by Crippen LogP contribution is 2.30.